The Balaban J connectivity index is 1.03. The number of benzene rings is 1. The van der Waals surface area contributed by atoms with E-state index in [1.807, 2.05) is 41.6 Å². The maximum absolute atomic E-state index is 13.2. The summed E-state index contributed by atoms with van der Waals surface area (Å²) in [5, 5.41) is 3.40. The van der Waals surface area contributed by atoms with Crippen LogP contribution in [0.25, 0.3) is 0 Å². The first-order chi connectivity index (χ1) is 21.1. The van der Waals surface area contributed by atoms with E-state index in [-0.39, 0.29) is 11.8 Å². The van der Waals surface area contributed by atoms with Crippen LogP contribution >= 0.6 is 0 Å². The third-order valence-electron chi connectivity index (χ3n) is 8.52. The van der Waals surface area contributed by atoms with E-state index in [2.05, 4.69) is 26.3 Å². The first-order valence-corrected chi connectivity index (χ1v) is 14.9. The van der Waals surface area contributed by atoms with Crippen LogP contribution in [0.3, 0.4) is 0 Å². The number of nitrogens with one attached hydrogen (secondary N) is 2. The second-order valence-electron chi connectivity index (χ2n) is 11.3. The molecule has 224 valence electrons. The van der Waals surface area contributed by atoms with Crippen LogP contribution in [0.5, 0.6) is 0 Å². The van der Waals surface area contributed by atoms with Gasteiger partial charge in [-0.2, -0.15) is 4.99 Å². The lowest BCUT2D eigenvalue weighted by atomic mass is 10.0. The Labute approximate surface area is 250 Å². The molecule has 6 heterocycles. The lowest BCUT2D eigenvalue weighted by Gasteiger charge is -2.37. The molecule has 1 aromatic heterocycles. The molecule has 0 aliphatic carbocycles. The number of anilines is 2. The van der Waals surface area contributed by atoms with Crippen molar-refractivity contribution in [3.05, 3.63) is 78.0 Å². The number of hydrogen-bond acceptors (Lipinski definition) is 9. The minimum Gasteiger partial charge on any atom is -0.378 e. The summed E-state index contributed by atoms with van der Waals surface area (Å²) in [6, 6.07) is 11.7. The normalized spacial score (nSPS) is 22.8. The summed E-state index contributed by atoms with van der Waals surface area (Å²) in [6.45, 7) is 5.50. The maximum atomic E-state index is 13.2. The number of carbonyl (C=O) groups excluding carboxylic acids is 2. The van der Waals surface area contributed by atoms with Crippen molar-refractivity contribution in [2.45, 2.75) is 25.0 Å². The molecule has 1 unspecified atom stereocenters. The van der Waals surface area contributed by atoms with Gasteiger partial charge < -0.3 is 29.3 Å². The van der Waals surface area contributed by atoms with Crippen LogP contribution in [0.15, 0.2) is 71.9 Å². The molecule has 2 aromatic rings. The number of amidine groups is 1. The van der Waals surface area contributed by atoms with Gasteiger partial charge in [0.1, 0.15) is 17.7 Å². The number of nitrogens with zero attached hydrogens (tertiary/aromatic N) is 5. The molecule has 0 bridgehead atoms. The van der Waals surface area contributed by atoms with Gasteiger partial charge in [0, 0.05) is 57.1 Å². The molecule has 1 aromatic carbocycles. The van der Waals surface area contributed by atoms with Gasteiger partial charge in [-0.1, -0.05) is 12.1 Å². The topological polar surface area (TPSA) is 113 Å². The summed E-state index contributed by atoms with van der Waals surface area (Å²) in [4.78, 5) is 42.0. The highest BCUT2D eigenvalue weighted by Gasteiger charge is 2.40. The minimum absolute atomic E-state index is 0.0372. The molecule has 1 atom stereocenters. The fourth-order valence-corrected chi connectivity index (χ4v) is 6.13. The van der Waals surface area contributed by atoms with Crippen molar-refractivity contribution in [3.8, 4) is 0 Å². The molecule has 3 fully saturated rings. The van der Waals surface area contributed by atoms with Crippen molar-refractivity contribution in [3.63, 3.8) is 0 Å². The Hall–Kier alpha value is -4.10. The van der Waals surface area contributed by atoms with Gasteiger partial charge in [0.05, 0.1) is 44.6 Å². The Morgan fingerprint density at radius 2 is 1.79 bits per heavy atom. The number of aliphatic imine (C=N–C) groups is 1. The van der Waals surface area contributed by atoms with Crippen molar-refractivity contribution in [1.29, 1.82) is 0 Å². The number of carbonyl (C=O) groups is 2. The zero-order valence-electron chi connectivity index (χ0n) is 24.0. The average Bonchev–Trinajstić information content (AvgIpc) is 3.72. The zero-order valence-corrected chi connectivity index (χ0v) is 24.0. The van der Waals surface area contributed by atoms with Gasteiger partial charge in [0.15, 0.2) is 12.5 Å². The summed E-state index contributed by atoms with van der Waals surface area (Å²) in [6.07, 6.45) is 9.22. The van der Waals surface area contributed by atoms with E-state index in [1.54, 1.807) is 23.4 Å². The number of quaternary nitrogens is 1. The molecule has 43 heavy (non-hydrogen) atoms. The molecule has 3 saturated heterocycles. The summed E-state index contributed by atoms with van der Waals surface area (Å²) >= 11 is 0. The summed E-state index contributed by atoms with van der Waals surface area (Å²) in [5.74, 6) is 1.08. The SMILES string of the molecule is O=C(Cc1cccc(N2C=C(Nc3ccc(C(=O)N4CCOCC4)cn3)C3=NC=C[NH+]3C2)c1)N1CCC2(CC1)OCCO2. The lowest BCUT2D eigenvalue weighted by molar-refractivity contribution is -0.743. The lowest BCUT2D eigenvalue weighted by Crippen LogP contribution is -3.12. The number of hydrogen-bond donors (Lipinski definition) is 2. The third-order valence-corrected chi connectivity index (χ3v) is 8.52. The second-order valence-corrected chi connectivity index (χ2v) is 11.3. The maximum Gasteiger partial charge on any atom is 0.257 e. The van der Waals surface area contributed by atoms with Crippen molar-refractivity contribution in [2.75, 3.05) is 69.5 Å². The number of fused-ring (bicyclic) bond motifs is 1. The van der Waals surface area contributed by atoms with Crippen LogP contribution in [0, 0.1) is 0 Å². The molecule has 12 heteroatoms. The van der Waals surface area contributed by atoms with Crippen molar-refractivity contribution < 1.29 is 28.7 Å². The number of amides is 2. The molecule has 12 nitrogen and oxygen atoms in total. The average molecular weight is 587 g/mol. The highest BCUT2D eigenvalue weighted by Crippen LogP contribution is 2.31. The van der Waals surface area contributed by atoms with Gasteiger partial charge >= 0.3 is 0 Å². The van der Waals surface area contributed by atoms with Crippen LogP contribution in [0.1, 0.15) is 28.8 Å². The van der Waals surface area contributed by atoms with E-state index in [0.717, 1.165) is 27.7 Å². The Morgan fingerprint density at radius 3 is 2.56 bits per heavy atom. The van der Waals surface area contributed by atoms with Crippen molar-refractivity contribution in [2.24, 2.45) is 4.99 Å². The van der Waals surface area contributed by atoms with Crippen molar-refractivity contribution in [1.82, 2.24) is 14.8 Å². The molecular formula is C31H36N7O5+. The molecule has 7 rings (SSSR count). The Bertz CT molecular complexity index is 1450. The summed E-state index contributed by atoms with van der Waals surface area (Å²) in [5.41, 5.74) is 3.31. The molecule has 1 spiro atoms. The van der Waals surface area contributed by atoms with Gasteiger partial charge in [-0.15, -0.1) is 0 Å². The quantitative estimate of drug-likeness (QED) is 0.515. The van der Waals surface area contributed by atoms with Gasteiger partial charge in [-0.3, -0.25) is 14.5 Å². The van der Waals surface area contributed by atoms with E-state index in [0.29, 0.717) is 89.9 Å². The van der Waals surface area contributed by atoms with E-state index < -0.39 is 5.79 Å². The second kappa shape index (κ2) is 11.9. The zero-order chi connectivity index (χ0) is 29.2. The van der Waals surface area contributed by atoms with Gasteiger partial charge in [-0.05, 0) is 29.8 Å². The highest BCUT2D eigenvalue weighted by atomic mass is 16.7. The van der Waals surface area contributed by atoms with Crippen LogP contribution in [0.4, 0.5) is 11.5 Å². The van der Waals surface area contributed by atoms with E-state index in [4.69, 9.17) is 14.2 Å². The predicted octanol–water partition coefficient (Wildman–Crippen LogP) is 0.961. The molecule has 0 saturated carbocycles. The number of piperidine rings is 1. The van der Waals surface area contributed by atoms with Gasteiger partial charge in [0.25, 0.3) is 11.7 Å². The largest absolute Gasteiger partial charge is 0.378 e. The smallest absolute Gasteiger partial charge is 0.257 e. The van der Waals surface area contributed by atoms with E-state index >= 15 is 0 Å². The fourth-order valence-electron chi connectivity index (χ4n) is 6.13. The van der Waals surface area contributed by atoms with E-state index in [1.165, 1.54) is 0 Å². The molecule has 2 amide bonds. The number of rotatable bonds is 6. The van der Waals surface area contributed by atoms with Crippen LogP contribution in [0.2, 0.25) is 0 Å². The number of likely N-dealkylation sites (tertiary alicyclic amines) is 1. The number of morpholine rings is 1. The monoisotopic (exact) mass is 586 g/mol. The van der Waals surface area contributed by atoms with Gasteiger partial charge in [0.2, 0.25) is 5.91 Å². The predicted molar refractivity (Wildman–Crippen MR) is 158 cm³/mol. The molecular weight excluding hydrogens is 550 g/mol. The van der Waals surface area contributed by atoms with Gasteiger partial charge in [-0.25, -0.2) is 9.88 Å². The first-order valence-electron chi connectivity index (χ1n) is 14.9. The summed E-state index contributed by atoms with van der Waals surface area (Å²) in [7, 11) is 0. The third kappa shape index (κ3) is 5.91. The fraction of sp³-hybridized carbons (Fsp3) is 0.419. The first kappa shape index (κ1) is 27.7. The van der Waals surface area contributed by atoms with Crippen molar-refractivity contribution >= 4 is 29.2 Å². The summed E-state index contributed by atoms with van der Waals surface area (Å²) < 4.78 is 17.0. The number of aromatic nitrogens is 1. The molecule has 2 N–H and O–H groups in total. The van der Waals surface area contributed by atoms with E-state index in [9.17, 15) is 9.59 Å². The number of pyridine rings is 1. The van der Waals surface area contributed by atoms with Crippen LogP contribution in [-0.2, 0) is 25.4 Å². The molecule has 5 aliphatic rings. The molecule has 0 radical (unpaired) electrons. The van der Waals surface area contributed by atoms with Crippen LogP contribution in [-0.4, -0.2) is 97.5 Å². The standard InChI is InChI=1S/C31H35N7O5/c39-28(35-9-6-31(7-10-35)42-16-17-43-31)19-23-2-1-3-25(18-23)38-21-26(29-32-8-11-37(29)22-38)34-27-5-4-24(20-33-27)30(40)36-12-14-41-15-13-36/h1-5,8,11,18,20-21H,6-7,9-10,12-17,19,22H2,(H,33,34)/p+1. The Morgan fingerprint density at radius 1 is 0.977 bits per heavy atom. The minimum atomic E-state index is -0.491. The van der Waals surface area contributed by atoms with Crippen LogP contribution < -0.4 is 15.1 Å². The number of ether oxygens (including phenoxy) is 3. The molecule has 5 aliphatic heterocycles. The highest BCUT2D eigenvalue weighted by molar-refractivity contribution is 5.97. The Kier molecular flexibility index (Phi) is 7.66.